The first-order valence-electron chi connectivity index (χ1n) is 4.77. The number of rotatable bonds is 3. The molecule has 1 rings (SSSR count). The van der Waals surface area contributed by atoms with Crippen molar-refractivity contribution in [3.63, 3.8) is 0 Å². The number of carbonyl (C=O) groups is 1. The quantitative estimate of drug-likeness (QED) is 0.677. The molecule has 1 fully saturated rings. The van der Waals surface area contributed by atoms with Crippen LogP contribution in [0.25, 0.3) is 0 Å². The van der Waals surface area contributed by atoms with Crippen molar-refractivity contribution in [3.8, 4) is 0 Å². The van der Waals surface area contributed by atoms with E-state index in [-0.39, 0.29) is 18.1 Å². The lowest BCUT2D eigenvalue weighted by molar-refractivity contribution is -0.122. The number of nitrogens with one attached hydrogen (secondary N) is 1. The van der Waals surface area contributed by atoms with Gasteiger partial charge in [0.2, 0.25) is 5.91 Å². The third-order valence-corrected chi connectivity index (χ3v) is 2.59. The van der Waals surface area contributed by atoms with E-state index >= 15 is 0 Å². The second-order valence-corrected chi connectivity index (χ2v) is 3.84. The molecule has 1 saturated carbocycles. The first-order valence-corrected chi connectivity index (χ1v) is 5.31. The van der Waals surface area contributed by atoms with Gasteiger partial charge in [0, 0.05) is 12.3 Å². The zero-order chi connectivity index (χ0) is 9.68. The Morgan fingerprint density at radius 1 is 1.46 bits per heavy atom. The normalized spacial score (nSPS) is 28.5. The van der Waals surface area contributed by atoms with Gasteiger partial charge in [0.15, 0.2) is 0 Å². The lowest BCUT2D eigenvalue weighted by Gasteiger charge is -2.28. The zero-order valence-corrected chi connectivity index (χ0v) is 8.39. The smallest absolute Gasteiger partial charge is 0.221 e. The van der Waals surface area contributed by atoms with E-state index in [1.807, 2.05) is 0 Å². The number of hydrogen-bond acceptors (Lipinski definition) is 2. The van der Waals surface area contributed by atoms with Crippen LogP contribution in [-0.4, -0.2) is 29.0 Å². The summed E-state index contributed by atoms with van der Waals surface area (Å²) in [6, 6.07) is -0.0514. The third-order valence-electron chi connectivity index (χ3n) is 2.40. The summed E-state index contributed by atoms with van der Waals surface area (Å²) in [6.45, 7) is 0. The molecule has 13 heavy (non-hydrogen) atoms. The Labute approximate surface area is 83.5 Å². The second kappa shape index (κ2) is 5.45. The SMILES string of the molecule is O=C(CCCl)NC1CCCCC1O. The predicted octanol–water partition coefficient (Wildman–Crippen LogP) is 1.03. The van der Waals surface area contributed by atoms with Crippen molar-refractivity contribution in [2.24, 2.45) is 0 Å². The van der Waals surface area contributed by atoms with Crippen molar-refractivity contribution in [2.75, 3.05) is 5.88 Å². The minimum Gasteiger partial charge on any atom is -0.391 e. The predicted molar refractivity (Wildman–Crippen MR) is 51.7 cm³/mol. The highest BCUT2D eigenvalue weighted by atomic mass is 35.5. The molecule has 0 saturated heterocycles. The van der Waals surface area contributed by atoms with Crippen molar-refractivity contribution < 1.29 is 9.90 Å². The molecular formula is C9H16ClNO2. The topological polar surface area (TPSA) is 49.3 Å². The molecular weight excluding hydrogens is 190 g/mol. The Morgan fingerprint density at radius 2 is 2.15 bits per heavy atom. The van der Waals surface area contributed by atoms with Crippen LogP contribution in [0.1, 0.15) is 32.1 Å². The molecule has 1 aliphatic carbocycles. The Kier molecular flexibility index (Phi) is 4.53. The van der Waals surface area contributed by atoms with Crippen LogP contribution >= 0.6 is 11.6 Å². The van der Waals surface area contributed by atoms with Crippen LogP contribution in [0.2, 0.25) is 0 Å². The van der Waals surface area contributed by atoms with Crippen molar-refractivity contribution >= 4 is 17.5 Å². The van der Waals surface area contributed by atoms with E-state index in [1.54, 1.807) is 0 Å². The van der Waals surface area contributed by atoms with Crippen molar-refractivity contribution in [1.29, 1.82) is 0 Å². The van der Waals surface area contributed by atoms with Gasteiger partial charge in [-0.1, -0.05) is 12.8 Å². The molecule has 1 amide bonds. The molecule has 0 bridgehead atoms. The van der Waals surface area contributed by atoms with Crippen LogP contribution in [0, 0.1) is 0 Å². The number of carbonyl (C=O) groups excluding carboxylic acids is 1. The molecule has 0 radical (unpaired) electrons. The number of alkyl halides is 1. The summed E-state index contributed by atoms with van der Waals surface area (Å²) in [7, 11) is 0. The van der Waals surface area contributed by atoms with E-state index in [2.05, 4.69) is 5.32 Å². The van der Waals surface area contributed by atoms with Gasteiger partial charge in [-0.3, -0.25) is 4.79 Å². The average Bonchev–Trinajstić information content (AvgIpc) is 2.09. The number of aliphatic hydroxyl groups excluding tert-OH is 1. The third kappa shape index (κ3) is 3.53. The fourth-order valence-electron chi connectivity index (χ4n) is 1.64. The maximum absolute atomic E-state index is 11.2. The minimum absolute atomic E-state index is 0.0514. The Bertz CT molecular complexity index is 175. The van der Waals surface area contributed by atoms with Gasteiger partial charge in [0.05, 0.1) is 12.1 Å². The first-order chi connectivity index (χ1) is 6.24. The summed E-state index contributed by atoms with van der Waals surface area (Å²) in [5, 5.41) is 12.3. The van der Waals surface area contributed by atoms with Crippen LogP contribution < -0.4 is 5.32 Å². The van der Waals surface area contributed by atoms with Gasteiger partial charge in [-0.25, -0.2) is 0 Å². The Balaban J connectivity index is 2.29. The molecule has 0 heterocycles. The van der Waals surface area contributed by atoms with Gasteiger partial charge in [-0.15, -0.1) is 11.6 Å². The molecule has 2 atom stereocenters. The molecule has 2 N–H and O–H groups in total. The molecule has 3 nitrogen and oxygen atoms in total. The molecule has 4 heteroatoms. The zero-order valence-electron chi connectivity index (χ0n) is 7.63. The van der Waals surface area contributed by atoms with E-state index in [9.17, 15) is 9.90 Å². The average molecular weight is 206 g/mol. The molecule has 1 aliphatic rings. The largest absolute Gasteiger partial charge is 0.391 e. The molecule has 2 unspecified atom stereocenters. The Morgan fingerprint density at radius 3 is 2.77 bits per heavy atom. The molecule has 0 spiro atoms. The molecule has 0 aromatic carbocycles. The lowest BCUT2D eigenvalue weighted by atomic mass is 9.92. The van der Waals surface area contributed by atoms with Crippen LogP contribution in [-0.2, 0) is 4.79 Å². The first kappa shape index (κ1) is 10.8. The van der Waals surface area contributed by atoms with E-state index < -0.39 is 0 Å². The standard InChI is InChI=1S/C9H16ClNO2/c10-6-5-9(13)11-7-3-1-2-4-8(7)12/h7-8,12H,1-6H2,(H,11,13). The highest BCUT2D eigenvalue weighted by molar-refractivity contribution is 6.18. The number of hydrogen-bond donors (Lipinski definition) is 2. The van der Waals surface area contributed by atoms with Crippen LogP contribution in [0.4, 0.5) is 0 Å². The second-order valence-electron chi connectivity index (χ2n) is 3.46. The maximum Gasteiger partial charge on any atom is 0.221 e. The number of amides is 1. The Hall–Kier alpha value is -0.280. The lowest BCUT2D eigenvalue weighted by Crippen LogP contribution is -2.45. The van der Waals surface area contributed by atoms with Crippen molar-refractivity contribution in [2.45, 2.75) is 44.2 Å². The molecule has 0 aliphatic heterocycles. The van der Waals surface area contributed by atoms with Crippen molar-refractivity contribution in [1.82, 2.24) is 5.32 Å². The van der Waals surface area contributed by atoms with Crippen molar-refractivity contribution in [3.05, 3.63) is 0 Å². The van der Waals surface area contributed by atoms with Crippen LogP contribution in [0.15, 0.2) is 0 Å². The fraction of sp³-hybridized carbons (Fsp3) is 0.889. The summed E-state index contributed by atoms with van der Waals surface area (Å²) < 4.78 is 0. The summed E-state index contributed by atoms with van der Waals surface area (Å²) >= 11 is 5.43. The summed E-state index contributed by atoms with van der Waals surface area (Å²) in [4.78, 5) is 11.2. The number of halogens is 1. The maximum atomic E-state index is 11.2. The van der Waals surface area contributed by atoms with Gasteiger partial charge in [-0.05, 0) is 12.8 Å². The van der Waals surface area contributed by atoms with Gasteiger partial charge >= 0.3 is 0 Å². The molecule has 76 valence electrons. The summed E-state index contributed by atoms with van der Waals surface area (Å²) in [5.74, 6) is 0.287. The number of aliphatic hydroxyl groups is 1. The van der Waals surface area contributed by atoms with Crippen LogP contribution in [0.5, 0.6) is 0 Å². The highest BCUT2D eigenvalue weighted by Crippen LogP contribution is 2.18. The molecule has 0 aromatic heterocycles. The van der Waals surface area contributed by atoms with E-state index in [0.717, 1.165) is 25.7 Å². The fourth-order valence-corrected chi connectivity index (χ4v) is 1.82. The summed E-state index contributed by atoms with van der Waals surface area (Å²) in [6.07, 6.45) is 3.80. The van der Waals surface area contributed by atoms with Gasteiger partial charge in [-0.2, -0.15) is 0 Å². The molecule has 0 aromatic rings. The van der Waals surface area contributed by atoms with E-state index in [4.69, 9.17) is 11.6 Å². The van der Waals surface area contributed by atoms with E-state index in [1.165, 1.54) is 0 Å². The minimum atomic E-state index is -0.368. The highest BCUT2D eigenvalue weighted by Gasteiger charge is 2.23. The summed E-state index contributed by atoms with van der Waals surface area (Å²) in [5.41, 5.74) is 0. The monoisotopic (exact) mass is 205 g/mol. The van der Waals surface area contributed by atoms with E-state index in [0.29, 0.717) is 12.3 Å². The van der Waals surface area contributed by atoms with Gasteiger partial charge in [0.25, 0.3) is 0 Å². The van der Waals surface area contributed by atoms with Gasteiger partial charge in [0.1, 0.15) is 0 Å². The van der Waals surface area contributed by atoms with Gasteiger partial charge < -0.3 is 10.4 Å². The van der Waals surface area contributed by atoms with Crippen LogP contribution in [0.3, 0.4) is 0 Å².